The molecule has 0 aliphatic heterocycles. The largest absolute Gasteiger partial charge is 0.478 e. The van der Waals surface area contributed by atoms with Gasteiger partial charge in [0.25, 0.3) is 0 Å². The van der Waals surface area contributed by atoms with Crippen LogP contribution in [-0.2, 0) is 14.3 Å². The Bertz CT molecular complexity index is 233. The third-order valence-corrected chi connectivity index (χ3v) is 2.08. The number of rotatable bonds is 9. The fourth-order valence-corrected chi connectivity index (χ4v) is 1.29. The molecule has 0 aliphatic carbocycles. The molecule has 16 heavy (non-hydrogen) atoms. The van der Waals surface area contributed by atoms with Crippen LogP contribution in [0.15, 0.2) is 12.2 Å². The van der Waals surface area contributed by atoms with E-state index >= 15 is 0 Å². The second-order valence-corrected chi connectivity index (χ2v) is 3.64. The molecule has 0 amide bonds. The summed E-state index contributed by atoms with van der Waals surface area (Å²) in [6.45, 7) is 1.92. The Morgan fingerprint density at radius 2 is 1.75 bits per heavy atom. The average molecular weight is 228 g/mol. The zero-order valence-corrected chi connectivity index (χ0v) is 9.78. The number of carbonyl (C=O) groups is 2. The molecule has 0 unspecified atom stereocenters. The van der Waals surface area contributed by atoms with E-state index in [4.69, 9.17) is 9.84 Å². The van der Waals surface area contributed by atoms with Crippen LogP contribution in [0.5, 0.6) is 0 Å². The van der Waals surface area contributed by atoms with E-state index in [9.17, 15) is 9.59 Å². The van der Waals surface area contributed by atoms with Crippen molar-refractivity contribution in [3.8, 4) is 0 Å². The Labute approximate surface area is 96.3 Å². The molecule has 92 valence electrons. The molecule has 1 N–H and O–H groups in total. The lowest BCUT2D eigenvalue weighted by atomic mass is 10.1. The molecule has 0 bridgehead atoms. The zero-order valence-electron chi connectivity index (χ0n) is 9.78. The van der Waals surface area contributed by atoms with Crippen molar-refractivity contribution in [2.24, 2.45) is 0 Å². The van der Waals surface area contributed by atoms with Crippen LogP contribution >= 0.6 is 0 Å². The maximum absolute atomic E-state index is 10.4. The predicted molar refractivity (Wildman–Crippen MR) is 61.1 cm³/mol. The van der Waals surface area contributed by atoms with E-state index in [1.165, 1.54) is 13.0 Å². The van der Waals surface area contributed by atoms with Crippen molar-refractivity contribution in [2.45, 2.75) is 45.4 Å². The van der Waals surface area contributed by atoms with Gasteiger partial charge in [-0.15, -0.1) is 0 Å². The highest BCUT2D eigenvalue weighted by Crippen LogP contribution is 2.06. The summed E-state index contributed by atoms with van der Waals surface area (Å²) in [5.41, 5.74) is 0. The lowest BCUT2D eigenvalue weighted by Gasteiger charge is -2.01. The molecule has 0 saturated heterocycles. The Kier molecular flexibility index (Phi) is 9.36. The molecule has 0 aliphatic rings. The highest BCUT2D eigenvalue weighted by Gasteiger charge is 1.93. The molecule has 0 heterocycles. The van der Waals surface area contributed by atoms with Gasteiger partial charge in [-0.3, -0.25) is 4.79 Å². The van der Waals surface area contributed by atoms with Crippen molar-refractivity contribution in [3.05, 3.63) is 12.2 Å². The minimum atomic E-state index is -0.888. The first-order valence-corrected chi connectivity index (χ1v) is 5.65. The summed E-state index contributed by atoms with van der Waals surface area (Å²) in [5, 5.41) is 8.33. The van der Waals surface area contributed by atoms with Crippen molar-refractivity contribution < 1.29 is 19.4 Å². The summed E-state index contributed by atoms with van der Waals surface area (Å²) in [5.74, 6) is -1.11. The van der Waals surface area contributed by atoms with Gasteiger partial charge < -0.3 is 9.84 Å². The highest BCUT2D eigenvalue weighted by atomic mass is 16.5. The average Bonchev–Trinajstić information content (AvgIpc) is 2.20. The number of carboxylic acids is 1. The number of hydrogen-bond donors (Lipinski definition) is 1. The topological polar surface area (TPSA) is 63.6 Å². The number of ether oxygens (including phenoxy) is 1. The summed E-state index contributed by atoms with van der Waals surface area (Å²) in [6, 6.07) is 0. The number of carboxylic acid groups (broad SMARTS) is 1. The Morgan fingerprint density at radius 1 is 1.12 bits per heavy atom. The molecule has 0 aromatic carbocycles. The van der Waals surface area contributed by atoms with Gasteiger partial charge in [0.1, 0.15) is 0 Å². The summed E-state index contributed by atoms with van der Waals surface area (Å²) in [4.78, 5) is 20.6. The van der Waals surface area contributed by atoms with Crippen molar-refractivity contribution in [1.29, 1.82) is 0 Å². The third-order valence-electron chi connectivity index (χ3n) is 2.08. The number of aliphatic carboxylic acids is 1. The summed E-state index contributed by atoms with van der Waals surface area (Å²) in [6.07, 6.45) is 8.84. The first-order valence-electron chi connectivity index (χ1n) is 5.65. The van der Waals surface area contributed by atoms with Crippen molar-refractivity contribution in [3.63, 3.8) is 0 Å². The predicted octanol–water partition coefficient (Wildman–Crippen LogP) is 2.53. The highest BCUT2D eigenvalue weighted by molar-refractivity contribution is 5.79. The molecule has 4 nitrogen and oxygen atoms in total. The fourth-order valence-electron chi connectivity index (χ4n) is 1.29. The minimum Gasteiger partial charge on any atom is -0.478 e. The maximum Gasteiger partial charge on any atom is 0.327 e. The number of allylic oxidation sites excluding steroid dienone is 1. The second kappa shape index (κ2) is 10.2. The van der Waals surface area contributed by atoms with Crippen LogP contribution in [0, 0.1) is 0 Å². The molecule has 0 atom stereocenters. The first kappa shape index (κ1) is 14.7. The van der Waals surface area contributed by atoms with Crippen molar-refractivity contribution >= 4 is 11.9 Å². The van der Waals surface area contributed by atoms with Crippen LogP contribution in [-0.4, -0.2) is 23.7 Å². The molecule has 0 aromatic rings. The van der Waals surface area contributed by atoms with E-state index in [0.717, 1.165) is 38.5 Å². The SMILES string of the molecule is CC(=O)OCCCCCCCC=CC(=O)O. The quantitative estimate of drug-likeness (QED) is 0.374. The Balaban J connectivity index is 3.10. The Hall–Kier alpha value is -1.32. The van der Waals surface area contributed by atoms with E-state index in [1.807, 2.05) is 0 Å². The Morgan fingerprint density at radius 3 is 2.38 bits per heavy atom. The van der Waals surface area contributed by atoms with Gasteiger partial charge in [-0.2, -0.15) is 0 Å². The van der Waals surface area contributed by atoms with Crippen LogP contribution in [0.25, 0.3) is 0 Å². The van der Waals surface area contributed by atoms with Crippen molar-refractivity contribution in [1.82, 2.24) is 0 Å². The molecule has 0 aromatic heterocycles. The minimum absolute atomic E-state index is 0.223. The van der Waals surface area contributed by atoms with Gasteiger partial charge in [-0.05, 0) is 19.3 Å². The van der Waals surface area contributed by atoms with E-state index in [-0.39, 0.29) is 5.97 Å². The normalized spacial score (nSPS) is 10.6. The zero-order chi connectivity index (χ0) is 12.2. The third kappa shape index (κ3) is 12.7. The molecule has 0 fully saturated rings. The number of hydrogen-bond acceptors (Lipinski definition) is 3. The monoisotopic (exact) mass is 228 g/mol. The van der Waals surface area contributed by atoms with Gasteiger partial charge in [-0.1, -0.05) is 25.3 Å². The molecule has 0 spiro atoms. The van der Waals surface area contributed by atoms with Crippen molar-refractivity contribution in [2.75, 3.05) is 6.61 Å². The van der Waals surface area contributed by atoms with E-state index in [2.05, 4.69) is 0 Å². The van der Waals surface area contributed by atoms with Gasteiger partial charge in [0.05, 0.1) is 6.61 Å². The standard InChI is InChI=1S/C12H20O4/c1-11(13)16-10-8-6-4-2-3-5-7-9-12(14)15/h7,9H,2-6,8,10H2,1H3,(H,14,15). The van der Waals surface area contributed by atoms with Gasteiger partial charge in [0.2, 0.25) is 0 Å². The van der Waals surface area contributed by atoms with Gasteiger partial charge >= 0.3 is 11.9 Å². The summed E-state index contributed by atoms with van der Waals surface area (Å²) in [7, 11) is 0. The van der Waals surface area contributed by atoms with Crippen LogP contribution < -0.4 is 0 Å². The molecule has 0 rings (SSSR count). The number of carbonyl (C=O) groups excluding carboxylic acids is 1. The number of esters is 1. The van der Waals surface area contributed by atoms with Gasteiger partial charge in [0.15, 0.2) is 0 Å². The van der Waals surface area contributed by atoms with E-state index < -0.39 is 5.97 Å². The summed E-state index contributed by atoms with van der Waals surface area (Å²) >= 11 is 0. The van der Waals surface area contributed by atoms with Gasteiger partial charge in [-0.25, -0.2) is 4.79 Å². The maximum atomic E-state index is 10.4. The first-order chi connectivity index (χ1) is 7.63. The van der Waals surface area contributed by atoms with Crippen LogP contribution in [0.1, 0.15) is 45.4 Å². The molecule has 0 radical (unpaired) electrons. The van der Waals surface area contributed by atoms with Crippen LogP contribution in [0.4, 0.5) is 0 Å². The molecule has 4 heteroatoms. The summed E-state index contributed by atoms with van der Waals surface area (Å²) < 4.78 is 4.80. The lowest BCUT2D eigenvalue weighted by molar-refractivity contribution is -0.141. The second-order valence-electron chi connectivity index (χ2n) is 3.64. The number of unbranched alkanes of at least 4 members (excludes halogenated alkanes) is 5. The molecular weight excluding hydrogens is 208 g/mol. The van der Waals surface area contributed by atoms with E-state index in [0.29, 0.717) is 6.61 Å². The lowest BCUT2D eigenvalue weighted by Crippen LogP contribution is -1.99. The van der Waals surface area contributed by atoms with E-state index in [1.54, 1.807) is 6.08 Å². The fraction of sp³-hybridized carbons (Fsp3) is 0.667. The molecule has 0 saturated carbocycles. The van der Waals surface area contributed by atoms with Crippen LogP contribution in [0.3, 0.4) is 0 Å². The van der Waals surface area contributed by atoms with Gasteiger partial charge in [0, 0.05) is 13.0 Å². The van der Waals surface area contributed by atoms with Crippen LogP contribution in [0.2, 0.25) is 0 Å². The molecular formula is C12H20O4. The smallest absolute Gasteiger partial charge is 0.327 e.